The summed E-state index contributed by atoms with van der Waals surface area (Å²) in [5.41, 5.74) is 4.04. The molecule has 9 nitrogen and oxygen atoms in total. The van der Waals surface area contributed by atoms with E-state index in [1.54, 1.807) is 21.0 Å². The molecule has 1 N–H and O–H groups in total. The number of carbonyl (C=O) groups is 2. The number of nitrogens with zero attached hydrogens (tertiary/aromatic N) is 3. The molecule has 0 aliphatic carbocycles. The Morgan fingerprint density at radius 2 is 1.66 bits per heavy atom. The van der Waals surface area contributed by atoms with Gasteiger partial charge in [0.2, 0.25) is 0 Å². The third-order valence-electron chi connectivity index (χ3n) is 5.42. The molecule has 9 heteroatoms. The molecular weight excluding hydrogens is 448 g/mol. The molecule has 0 fully saturated rings. The number of hydrogen-bond donors (Lipinski definition) is 1. The van der Waals surface area contributed by atoms with Gasteiger partial charge >= 0.3 is 11.9 Å². The molecule has 2 aromatic carbocycles. The van der Waals surface area contributed by atoms with Crippen LogP contribution in [0.15, 0.2) is 60.3 Å². The van der Waals surface area contributed by atoms with Gasteiger partial charge in [-0.15, -0.1) is 10.2 Å². The second-order valence-electron chi connectivity index (χ2n) is 7.65. The summed E-state index contributed by atoms with van der Waals surface area (Å²) in [5, 5.41) is 12.8. The molecule has 0 aliphatic rings. The van der Waals surface area contributed by atoms with Gasteiger partial charge in [-0.05, 0) is 74.9 Å². The Labute approximate surface area is 202 Å². The molecule has 0 bridgehead atoms. The Balaban J connectivity index is 1.75. The van der Waals surface area contributed by atoms with E-state index in [-0.39, 0.29) is 18.8 Å². The van der Waals surface area contributed by atoms with E-state index in [0.717, 1.165) is 33.4 Å². The smallest absolute Gasteiger partial charge is 0.347 e. The van der Waals surface area contributed by atoms with E-state index in [0.29, 0.717) is 11.5 Å². The second-order valence-corrected chi connectivity index (χ2v) is 7.65. The minimum atomic E-state index is -0.745. The van der Waals surface area contributed by atoms with Crippen LogP contribution in [0.5, 0.6) is 5.75 Å². The van der Waals surface area contributed by atoms with Crippen molar-refractivity contribution in [2.75, 3.05) is 25.6 Å². The summed E-state index contributed by atoms with van der Waals surface area (Å²) in [4.78, 5) is 24.4. The molecule has 0 spiro atoms. The van der Waals surface area contributed by atoms with Crippen molar-refractivity contribution >= 4 is 34.2 Å². The summed E-state index contributed by atoms with van der Waals surface area (Å²) in [5.74, 6) is -0.0197. The second kappa shape index (κ2) is 10.3. The first-order valence-electron chi connectivity index (χ1n) is 11.2. The predicted molar refractivity (Wildman–Crippen MR) is 132 cm³/mol. The fraction of sp³-hybridized carbons (Fsp3) is 0.231. The first-order valence-corrected chi connectivity index (χ1v) is 11.2. The normalized spacial score (nSPS) is 10.7. The monoisotopic (exact) mass is 474 g/mol. The van der Waals surface area contributed by atoms with Crippen LogP contribution in [0.25, 0.3) is 27.9 Å². The zero-order valence-corrected chi connectivity index (χ0v) is 20.0. The zero-order valence-electron chi connectivity index (χ0n) is 20.0. The number of methoxy groups -OCH3 is 1. The number of rotatable bonds is 8. The van der Waals surface area contributed by atoms with Crippen molar-refractivity contribution in [3.05, 3.63) is 65.9 Å². The van der Waals surface area contributed by atoms with Crippen molar-refractivity contribution in [2.24, 2.45) is 0 Å². The van der Waals surface area contributed by atoms with Crippen molar-refractivity contribution in [3.63, 3.8) is 0 Å². The molecular formula is C26H26N4O5. The maximum absolute atomic E-state index is 12.2. The number of aryl methyl sites for hydroxylation is 1. The minimum absolute atomic E-state index is 0.149. The lowest BCUT2D eigenvalue weighted by Gasteiger charge is -2.11. The van der Waals surface area contributed by atoms with Crippen molar-refractivity contribution in [1.29, 1.82) is 0 Å². The molecule has 0 aliphatic heterocycles. The summed E-state index contributed by atoms with van der Waals surface area (Å²) in [7, 11) is 1.63. The lowest BCUT2D eigenvalue weighted by molar-refractivity contribution is -0.146. The summed E-state index contributed by atoms with van der Waals surface area (Å²) in [6.07, 6.45) is 1.31. The fourth-order valence-corrected chi connectivity index (χ4v) is 3.74. The maximum atomic E-state index is 12.2. The van der Waals surface area contributed by atoms with Gasteiger partial charge in [0.25, 0.3) is 0 Å². The van der Waals surface area contributed by atoms with Crippen molar-refractivity contribution in [2.45, 2.75) is 20.8 Å². The van der Waals surface area contributed by atoms with Gasteiger partial charge in [-0.25, -0.2) is 9.59 Å². The van der Waals surface area contributed by atoms with Crippen molar-refractivity contribution < 1.29 is 23.8 Å². The lowest BCUT2D eigenvalue weighted by atomic mass is 10.1. The molecule has 0 atom stereocenters. The van der Waals surface area contributed by atoms with Gasteiger partial charge in [0.15, 0.2) is 17.0 Å². The summed E-state index contributed by atoms with van der Waals surface area (Å²) >= 11 is 0. The van der Waals surface area contributed by atoms with E-state index in [1.165, 1.54) is 6.20 Å². The number of fused-ring (bicyclic) bond motifs is 3. The van der Waals surface area contributed by atoms with Crippen molar-refractivity contribution in [3.8, 4) is 17.1 Å². The molecule has 2 aromatic heterocycles. The molecule has 4 aromatic rings. The lowest BCUT2D eigenvalue weighted by Crippen LogP contribution is -2.19. The summed E-state index contributed by atoms with van der Waals surface area (Å²) in [6, 6.07) is 15.3. The maximum Gasteiger partial charge on any atom is 0.347 e. The van der Waals surface area contributed by atoms with Crippen LogP contribution in [0, 0.1) is 6.92 Å². The number of aromatic nitrogens is 3. The highest BCUT2D eigenvalue weighted by atomic mass is 16.6. The first kappa shape index (κ1) is 23.7. The van der Waals surface area contributed by atoms with Gasteiger partial charge in [-0.3, -0.25) is 4.40 Å². The number of carbonyl (C=O) groups excluding carboxylic acids is 2. The Kier molecular flexibility index (Phi) is 6.96. The number of anilines is 1. The van der Waals surface area contributed by atoms with Crippen molar-refractivity contribution in [1.82, 2.24) is 14.6 Å². The quantitative estimate of drug-likeness (QED) is 0.175. The number of hydrogen-bond acceptors (Lipinski definition) is 8. The largest absolute Gasteiger partial charge is 0.497 e. The van der Waals surface area contributed by atoms with Gasteiger partial charge < -0.3 is 19.5 Å². The zero-order chi connectivity index (χ0) is 24.9. The first-order chi connectivity index (χ1) is 17.0. The van der Waals surface area contributed by atoms with Gasteiger partial charge in [0.1, 0.15) is 5.75 Å². The van der Waals surface area contributed by atoms with Crippen LogP contribution < -0.4 is 10.1 Å². The molecule has 0 radical (unpaired) electrons. The number of esters is 2. The van der Waals surface area contributed by atoms with E-state index in [9.17, 15) is 9.59 Å². The van der Waals surface area contributed by atoms with E-state index in [2.05, 4.69) is 15.5 Å². The van der Waals surface area contributed by atoms with Gasteiger partial charge in [0.05, 0.1) is 25.8 Å². The fourth-order valence-electron chi connectivity index (χ4n) is 3.74. The third kappa shape index (κ3) is 4.79. The predicted octanol–water partition coefficient (Wildman–Crippen LogP) is 4.29. The van der Waals surface area contributed by atoms with E-state index < -0.39 is 11.9 Å². The Bertz CT molecular complexity index is 1400. The topological polar surface area (TPSA) is 104 Å². The minimum Gasteiger partial charge on any atom is -0.497 e. The molecule has 35 heavy (non-hydrogen) atoms. The third-order valence-corrected chi connectivity index (χ3v) is 5.42. The molecule has 180 valence electrons. The molecule has 0 saturated carbocycles. The van der Waals surface area contributed by atoms with Crippen LogP contribution in [0.1, 0.15) is 19.4 Å². The van der Waals surface area contributed by atoms with E-state index >= 15 is 0 Å². The highest BCUT2D eigenvalue weighted by Crippen LogP contribution is 2.29. The number of pyridine rings is 1. The van der Waals surface area contributed by atoms with E-state index in [1.807, 2.05) is 59.9 Å². The van der Waals surface area contributed by atoms with Gasteiger partial charge in [0, 0.05) is 22.8 Å². The highest BCUT2D eigenvalue weighted by molar-refractivity contribution is 6.14. The van der Waals surface area contributed by atoms with Crippen LogP contribution in [0.2, 0.25) is 0 Å². The average molecular weight is 475 g/mol. The molecule has 4 rings (SSSR count). The van der Waals surface area contributed by atoms with Crippen LogP contribution in [0.3, 0.4) is 0 Å². The van der Waals surface area contributed by atoms with E-state index in [4.69, 9.17) is 14.2 Å². The SMILES string of the molecule is CCOC(=O)C(=CNc1ccc2c(c1)c(C)cc1nnc(-c3ccc(OC)cc3)n12)C(=O)OCC. The van der Waals surface area contributed by atoms with Gasteiger partial charge in [-0.1, -0.05) is 0 Å². The highest BCUT2D eigenvalue weighted by Gasteiger charge is 2.21. The Hall–Kier alpha value is -4.40. The van der Waals surface area contributed by atoms with Crippen LogP contribution in [-0.2, 0) is 19.1 Å². The standard InChI is InChI=1S/C26H26N4O5/c1-5-34-25(31)21(26(32)35-6-2)15-27-18-9-12-22-20(14-18)16(3)13-23-28-29-24(30(22)23)17-7-10-19(33-4)11-8-17/h7-15,27H,5-6H2,1-4H3. The van der Waals surface area contributed by atoms with Crippen LogP contribution in [0.4, 0.5) is 5.69 Å². The molecule has 0 saturated heterocycles. The van der Waals surface area contributed by atoms with Crippen LogP contribution in [-0.4, -0.2) is 46.9 Å². The molecule has 0 unspecified atom stereocenters. The van der Waals surface area contributed by atoms with Gasteiger partial charge in [-0.2, -0.15) is 0 Å². The number of ether oxygens (including phenoxy) is 3. The summed E-state index contributed by atoms with van der Waals surface area (Å²) in [6.45, 7) is 5.64. The number of benzene rings is 2. The van der Waals surface area contributed by atoms with Crippen LogP contribution >= 0.6 is 0 Å². The average Bonchev–Trinajstić information content (AvgIpc) is 3.28. The summed E-state index contributed by atoms with van der Waals surface area (Å²) < 4.78 is 17.2. The number of nitrogens with one attached hydrogen (secondary N) is 1. The Morgan fingerprint density at radius 1 is 0.971 bits per heavy atom. The molecule has 2 heterocycles. The molecule has 0 amide bonds. The Morgan fingerprint density at radius 3 is 2.29 bits per heavy atom.